The number of fused-ring (bicyclic) bond motifs is 1. The van der Waals surface area contributed by atoms with Crippen LogP contribution in [-0.2, 0) is 0 Å². The van der Waals surface area contributed by atoms with Crippen LogP contribution >= 0.6 is 22.9 Å². The second kappa shape index (κ2) is 2.47. The van der Waals surface area contributed by atoms with Crippen molar-refractivity contribution >= 4 is 33.2 Å². The first-order chi connectivity index (χ1) is 5.27. The predicted octanol–water partition coefficient (Wildman–Crippen LogP) is 3.06. The first kappa shape index (κ1) is 7.07. The van der Waals surface area contributed by atoms with Crippen molar-refractivity contribution in [2.24, 2.45) is 0 Å². The summed E-state index contributed by atoms with van der Waals surface area (Å²) < 4.78 is 1.03. The lowest BCUT2D eigenvalue weighted by Gasteiger charge is -1.93. The molecule has 1 heterocycles. The molecule has 0 amide bonds. The van der Waals surface area contributed by atoms with Crippen molar-refractivity contribution in [3.63, 3.8) is 0 Å². The molecule has 2 rings (SSSR count). The van der Waals surface area contributed by atoms with E-state index in [0.29, 0.717) is 0 Å². The van der Waals surface area contributed by atoms with Crippen LogP contribution in [0.4, 0.5) is 0 Å². The van der Waals surface area contributed by atoms with E-state index in [-0.39, 0.29) is 0 Å². The number of aryl methyl sites for hydroxylation is 1. The zero-order valence-corrected chi connectivity index (χ0v) is 7.46. The Hall–Kier alpha value is -0.600. The van der Waals surface area contributed by atoms with E-state index in [0.717, 1.165) is 20.8 Å². The van der Waals surface area contributed by atoms with Gasteiger partial charge in [0.2, 0.25) is 0 Å². The Balaban J connectivity index is 2.91. The highest BCUT2D eigenvalue weighted by Gasteiger charge is 2.01. The molecular weight excluding hydrogens is 178 g/mol. The zero-order chi connectivity index (χ0) is 7.84. The Morgan fingerprint density at radius 1 is 1.55 bits per heavy atom. The van der Waals surface area contributed by atoms with Gasteiger partial charge in [-0.3, -0.25) is 0 Å². The Kier molecular flexibility index (Phi) is 1.59. The number of rotatable bonds is 0. The van der Waals surface area contributed by atoms with Gasteiger partial charge >= 0.3 is 0 Å². The van der Waals surface area contributed by atoms with Gasteiger partial charge in [0.15, 0.2) is 5.51 Å². The van der Waals surface area contributed by atoms with Gasteiger partial charge in [-0.1, -0.05) is 11.6 Å². The summed E-state index contributed by atoms with van der Waals surface area (Å²) in [4.78, 5) is 4.05. The van der Waals surface area contributed by atoms with Crippen LogP contribution in [0.5, 0.6) is 0 Å². The van der Waals surface area contributed by atoms with E-state index in [4.69, 9.17) is 11.6 Å². The van der Waals surface area contributed by atoms with Gasteiger partial charge in [-0.25, -0.2) is 4.98 Å². The van der Waals surface area contributed by atoms with Gasteiger partial charge in [0.25, 0.3) is 0 Å². The molecule has 0 spiro atoms. The summed E-state index contributed by atoms with van der Waals surface area (Å²) >= 11 is 7.41. The van der Waals surface area contributed by atoms with Gasteiger partial charge in [-0.2, -0.15) is 0 Å². The topological polar surface area (TPSA) is 12.9 Å². The Morgan fingerprint density at radius 2 is 2.36 bits per heavy atom. The van der Waals surface area contributed by atoms with E-state index in [1.165, 1.54) is 11.3 Å². The molecule has 1 radical (unpaired) electrons. The fraction of sp³-hybridized carbons (Fsp3) is 0.125. The number of hydrogen-bond donors (Lipinski definition) is 0. The minimum Gasteiger partial charge on any atom is -0.233 e. The number of nitrogens with zero attached hydrogens (tertiary/aromatic N) is 1. The summed E-state index contributed by atoms with van der Waals surface area (Å²) in [5, 5.41) is 0.777. The van der Waals surface area contributed by atoms with Crippen LogP contribution in [0.1, 0.15) is 5.56 Å². The summed E-state index contributed by atoms with van der Waals surface area (Å²) in [5.74, 6) is 0. The highest BCUT2D eigenvalue weighted by molar-refractivity contribution is 7.17. The summed E-state index contributed by atoms with van der Waals surface area (Å²) in [6.45, 7) is 2.00. The molecule has 1 aromatic heterocycles. The first-order valence-electron chi connectivity index (χ1n) is 3.20. The number of aromatic nitrogens is 1. The lowest BCUT2D eigenvalue weighted by molar-refractivity contribution is 1.44. The van der Waals surface area contributed by atoms with E-state index in [9.17, 15) is 0 Å². The largest absolute Gasteiger partial charge is 0.233 e. The van der Waals surface area contributed by atoms with Crippen LogP contribution in [0.3, 0.4) is 0 Å². The zero-order valence-electron chi connectivity index (χ0n) is 5.89. The average molecular weight is 183 g/mol. The number of benzene rings is 1. The second-order valence-corrected chi connectivity index (χ2v) is 3.60. The molecule has 0 atom stereocenters. The van der Waals surface area contributed by atoms with E-state index >= 15 is 0 Å². The summed E-state index contributed by atoms with van der Waals surface area (Å²) in [5.41, 5.74) is 4.90. The molecule has 0 saturated carbocycles. The average Bonchev–Trinajstić information content (AvgIpc) is 2.34. The molecule has 0 aliphatic carbocycles. The van der Waals surface area contributed by atoms with Crippen molar-refractivity contribution in [1.82, 2.24) is 4.98 Å². The minimum absolute atomic E-state index is 0.777. The molecule has 0 fully saturated rings. The third kappa shape index (κ3) is 1.12. The number of halogens is 1. The van der Waals surface area contributed by atoms with Crippen LogP contribution in [0.25, 0.3) is 10.2 Å². The van der Waals surface area contributed by atoms with Crippen LogP contribution in [0.2, 0.25) is 5.02 Å². The molecule has 0 unspecified atom stereocenters. The smallest absolute Gasteiger partial charge is 0.153 e. The van der Waals surface area contributed by atoms with Gasteiger partial charge in [-0.15, -0.1) is 11.3 Å². The van der Waals surface area contributed by atoms with Crippen molar-refractivity contribution in [3.05, 3.63) is 28.2 Å². The Morgan fingerprint density at radius 3 is 3.18 bits per heavy atom. The van der Waals surface area contributed by atoms with Gasteiger partial charge in [0.1, 0.15) is 0 Å². The molecule has 1 aromatic carbocycles. The Labute approximate surface area is 73.6 Å². The van der Waals surface area contributed by atoms with Crippen molar-refractivity contribution in [3.8, 4) is 0 Å². The van der Waals surface area contributed by atoms with E-state index in [1.54, 1.807) is 0 Å². The molecule has 55 valence electrons. The van der Waals surface area contributed by atoms with Crippen molar-refractivity contribution < 1.29 is 0 Å². The van der Waals surface area contributed by atoms with Gasteiger partial charge in [0.05, 0.1) is 15.2 Å². The molecule has 11 heavy (non-hydrogen) atoms. The quantitative estimate of drug-likeness (QED) is 0.610. The Bertz CT molecular complexity index is 394. The third-order valence-corrected chi connectivity index (χ3v) is 2.71. The fourth-order valence-electron chi connectivity index (χ4n) is 1.01. The van der Waals surface area contributed by atoms with Crippen molar-refractivity contribution in [2.75, 3.05) is 0 Å². The third-order valence-electron chi connectivity index (χ3n) is 1.48. The number of hydrogen-bond acceptors (Lipinski definition) is 2. The van der Waals surface area contributed by atoms with E-state index in [2.05, 4.69) is 10.5 Å². The molecule has 0 bridgehead atoms. The van der Waals surface area contributed by atoms with Crippen molar-refractivity contribution in [2.45, 2.75) is 6.92 Å². The summed E-state index contributed by atoms with van der Waals surface area (Å²) in [6.07, 6.45) is 0. The predicted molar refractivity (Wildman–Crippen MR) is 48.2 cm³/mol. The normalized spacial score (nSPS) is 10.7. The van der Waals surface area contributed by atoms with E-state index in [1.807, 2.05) is 19.1 Å². The molecule has 0 aliphatic rings. The van der Waals surface area contributed by atoms with Crippen LogP contribution in [0, 0.1) is 12.4 Å². The first-order valence-corrected chi connectivity index (χ1v) is 4.39. The summed E-state index contributed by atoms with van der Waals surface area (Å²) in [7, 11) is 0. The maximum absolute atomic E-state index is 5.95. The van der Waals surface area contributed by atoms with Gasteiger partial charge < -0.3 is 0 Å². The van der Waals surface area contributed by atoms with E-state index < -0.39 is 0 Å². The maximum Gasteiger partial charge on any atom is 0.153 e. The summed E-state index contributed by atoms with van der Waals surface area (Å²) in [6, 6.07) is 3.95. The second-order valence-electron chi connectivity index (χ2n) is 2.40. The number of thiazole rings is 1. The highest BCUT2D eigenvalue weighted by Crippen LogP contribution is 2.27. The molecule has 2 aromatic rings. The monoisotopic (exact) mass is 182 g/mol. The van der Waals surface area contributed by atoms with Crippen LogP contribution < -0.4 is 0 Å². The van der Waals surface area contributed by atoms with Crippen LogP contribution in [0.15, 0.2) is 12.1 Å². The molecule has 1 nitrogen and oxygen atoms in total. The SMILES string of the molecule is Cc1cc(Cl)c2s[c]nc2c1. The lowest BCUT2D eigenvalue weighted by atomic mass is 10.2. The molecular formula is C8H5ClNS. The molecule has 3 heteroatoms. The van der Waals surface area contributed by atoms with Crippen LogP contribution in [-0.4, -0.2) is 4.98 Å². The van der Waals surface area contributed by atoms with Gasteiger partial charge in [0, 0.05) is 0 Å². The molecule has 0 aliphatic heterocycles. The highest BCUT2D eigenvalue weighted by atomic mass is 35.5. The standard InChI is InChI=1S/C8H5ClNS/c1-5-2-6(9)8-7(3-5)10-4-11-8/h2-3H,1H3. The minimum atomic E-state index is 0.777. The molecule has 0 N–H and O–H groups in total. The van der Waals surface area contributed by atoms with Crippen molar-refractivity contribution in [1.29, 1.82) is 0 Å². The molecule has 0 saturated heterocycles. The van der Waals surface area contributed by atoms with Gasteiger partial charge in [-0.05, 0) is 24.6 Å². The maximum atomic E-state index is 5.95. The fourth-order valence-corrected chi connectivity index (χ4v) is 2.00. The lowest BCUT2D eigenvalue weighted by Crippen LogP contribution is -1.73.